The van der Waals surface area contributed by atoms with Crippen molar-refractivity contribution in [1.82, 2.24) is 14.3 Å². The van der Waals surface area contributed by atoms with Gasteiger partial charge in [0.15, 0.2) is 16.8 Å². The standard InChI is InChI=1S/C27H26F2N4O5S2/c1-37-22-8-9-23(38-2)25-24(22)31-27(39-25)33(16-18-5-3-4-12-30-18)26(34)17-10-13-32(14-11-17)40(35,36)19-6-7-20(28)21(29)15-19/h3-9,12,15,17H,10-11,13-14,16H2,1-2H3. The lowest BCUT2D eigenvalue weighted by Crippen LogP contribution is -2.44. The van der Waals surface area contributed by atoms with E-state index < -0.39 is 27.6 Å². The molecule has 1 aliphatic rings. The number of hydrogen-bond donors (Lipinski definition) is 0. The summed E-state index contributed by atoms with van der Waals surface area (Å²) >= 11 is 1.29. The van der Waals surface area contributed by atoms with Gasteiger partial charge in [-0.3, -0.25) is 14.7 Å². The number of halogens is 2. The number of rotatable bonds is 8. The van der Waals surface area contributed by atoms with Crippen molar-refractivity contribution in [3.63, 3.8) is 0 Å². The van der Waals surface area contributed by atoms with E-state index in [1.807, 2.05) is 12.1 Å². The van der Waals surface area contributed by atoms with Gasteiger partial charge in [0.25, 0.3) is 0 Å². The molecule has 0 saturated carbocycles. The molecule has 3 heterocycles. The van der Waals surface area contributed by atoms with Crippen LogP contribution in [0.15, 0.2) is 59.6 Å². The van der Waals surface area contributed by atoms with Crippen LogP contribution in [0.4, 0.5) is 13.9 Å². The second-order valence-electron chi connectivity index (χ2n) is 9.14. The van der Waals surface area contributed by atoms with Crippen LogP contribution in [0, 0.1) is 17.6 Å². The lowest BCUT2D eigenvalue weighted by Gasteiger charge is -2.33. The third-order valence-electron chi connectivity index (χ3n) is 6.77. The fourth-order valence-electron chi connectivity index (χ4n) is 4.63. The molecule has 0 spiro atoms. The number of anilines is 1. The Bertz CT molecular complexity index is 1600. The van der Waals surface area contributed by atoms with Crippen molar-refractivity contribution < 1.29 is 31.5 Å². The van der Waals surface area contributed by atoms with E-state index in [4.69, 9.17) is 14.5 Å². The van der Waals surface area contributed by atoms with Gasteiger partial charge in [0.2, 0.25) is 15.9 Å². The van der Waals surface area contributed by atoms with E-state index in [1.54, 1.807) is 43.5 Å². The zero-order chi connectivity index (χ0) is 28.4. The SMILES string of the molecule is COc1ccc(OC)c2sc(N(Cc3ccccn3)C(=O)C3CCN(S(=O)(=O)c4ccc(F)c(F)c4)CC3)nc12. The summed E-state index contributed by atoms with van der Waals surface area (Å²) in [6, 6.07) is 11.4. The number of ether oxygens (including phenoxy) is 2. The first kappa shape index (κ1) is 27.9. The molecule has 2 aromatic heterocycles. The maximum Gasteiger partial charge on any atom is 0.243 e. The summed E-state index contributed by atoms with van der Waals surface area (Å²) in [6.45, 7) is 0.269. The number of methoxy groups -OCH3 is 2. The number of amides is 1. The highest BCUT2D eigenvalue weighted by Gasteiger charge is 2.35. The molecular weight excluding hydrogens is 562 g/mol. The number of aromatic nitrogens is 2. The summed E-state index contributed by atoms with van der Waals surface area (Å²) in [4.78, 5) is 24.3. The molecule has 0 N–H and O–H groups in total. The lowest BCUT2D eigenvalue weighted by atomic mass is 9.96. The number of sulfonamides is 1. The minimum atomic E-state index is -4.05. The van der Waals surface area contributed by atoms with Crippen LogP contribution in [0.25, 0.3) is 10.2 Å². The number of thiazole rings is 1. The number of carbonyl (C=O) groups is 1. The van der Waals surface area contributed by atoms with Gasteiger partial charge >= 0.3 is 0 Å². The van der Waals surface area contributed by atoms with Gasteiger partial charge in [-0.25, -0.2) is 22.2 Å². The first-order valence-electron chi connectivity index (χ1n) is 12.4. The van der Waals surface area contributed by atoms with E-state index in [-0.39, 0.29) is 43.3 Å². The Kier molecular flexibility index (Phi) is 7.97. The highest BCUT2D eigenvalue weighted by molar-refractivity contribution is 7.89. The van der Waals surface area contributed by atoms with Crippen molar-refractivity contribution in [2.45, 2.75) is 24.3 Å². The number of pyridine rings is 1. The van der Waals surface area contributed by atoms with Crippen LogP contribution in [0.1, 0.15) is 18.5 Å². The van der Waals surface area contributed by atoms with Crippen LogP contribution >= 0.6 is 11.3 Å². The minimum Gasteiger partial charge on any atom is -0.495 e. The van der Waals surface area contributed by atoms with Gasteiger partial charge < -0.3 is 9.47 Å². The first-order chi connectivity index (χ1) is 19.2. The van der Waals surface area contributed by atoms with Gasteiger partial charge in [-0.15, -0.1) is 0 Å². The molecule has 0 unspecified atom stereocenters. The largest absolute Gasteiger partial charge is 0.495 e. The minimum absolute atomic E-state index is 0.0522. The van der Waals surface area contributed by atoms with Crippen LogP contribution in [0.2, 0.25) is 0 Å². The molecule has 1 saturated heterocycles. The first-order valence-corrected chi connectivity index (χ1v) is 14.7. The topological polar surface area (TPSA) is 102 Å². The quantitative estimate of drug-likeness (QED) is 0.296. The third kappa shape index (κ3) is 5.36. The number of piperidine rings is 1. The fraction of sp³-hybridized carbons (Fsp3) is 0.296. The smallest absolute Gasteiger partial charge is 0.243 e. The Hall–Kier alpha value is -3.68. The molecule has 13 heteroatoms. The summed E-state index contributed by atoms with van der Waals surface area (Å²) in [7, 11) is -0.954. The molecule has 1 fully saturated rings. The van der Waals surface area contributed by atoms with Crippen LogP contribution in [0.3, 0.4) is 0 Å². The Morgan fingerprint density at radius 1 is 1.05 bits per heavy atom. The number of benzene rings is 2. The molecule has 1 aliphatic heterocycles. The van der Waals surface area contributed by atoms with Crippen molar-refractivity contribution in [2.75, 3.05) is 32.2 Å². The Morgan fingerprint density at radius 2 is 1.77 bits per heavy atom. The summed E-state index contributed by atoms with van der Waals surface area (Å²) < 4.78 is 66.0. The molecule has 0 radical (unpaired) electrons. The number of carbonyl (C=O) groups excluding carboxylic acids is 1. The van der Waals surface area contributed by atoms with Gasteiger partial charge in [0, 0.05) is 25.2 Å². The third-order valence-corrected chi connectivity index (χ3v) is 9.76. The van der Waals surface area contributed by atoms with E-state index in [1.165, 1.54) is 15.6 Å². The molecule has 0 atom stereocenters. The summed E-state index contributed by atoms with van der Waals surface area (Å²) in [5.41, 5.74) is 1.22. The van der Waals surface area contributed by atoms with Crippen molar-refractivity contribution in [2.24, 2.45) is 5.92 Å². The zero-order valence-electron chi connectivity index (χ0n) is 21.7. The number of fused-ring (bicyclic) bond motifs is 1. The molecule has 0 bridgehead atoms. The number of hydrogen-bond acceptors (Lipinski definition) is 8. The molecule has 4 aromatic rings. The Labute approximate surface area is 234 Å². The van der Waals surface area contributed by atoms with Crippen molar-refractivity contribution >= 4 is 42.6 Å². The van der Waals surface area contributed by atoms with E-state index in [0.29, 0.717) is 33.9 Å². The average molecular weight is 589 g/mol. The number of nitrogens with zero attached hydrogens (tertiary/aromatic N) is 4. The predicted molar refractivity (Wildman–Crippen MR) is 146 cm³/mol. The Balaban J connectivity index is 1.42. The summed E-state index contributed by atoms with van der Waals surface area (Å²) in [5, 5.41) is 0.435. The van der Waals surface area contributed by atoms with Gasteiger partial charge in [-0.1, -0.05) is 17.4 Å². The van der Waals surface area contributed by atoms with E-state index in [9.17, 15) is 22.0 Å². The molecular formula is C27H26F2N4O5S2. The molecule has 5 rings (SSSR count). The van der Waals surface area contributed by atoms with Crippen molar-refractivity contribution in [3.05, 3.63) is 72.1 Å². The molecule has 2 aromatic carbocycles. The van der Waals surface area contributed by atoms with E-state index in [0.717, 1.165) is 16.8 Å². The van der Waals surface area contributed by atoms with Gasteiger partial charge in [-0.05, 0) is 55.3 Å². The lowest BCUT2D eigenvalue weighted by molar-refractivity contribution is -0.123. The fourth-order valence-corrected chi connectivity index (χ4v) is 7.19. The van der Waals surface area contributed by atoms with E-state index >= 15 is 0 Å². The summed E-state index contributed by atoms with van der Waals surface area (Å²) in [5.74, 6) is -1.93. The zero-order valence-corrected chi connectivity index (χ0v) is 23.3. The average Bonchev–Trinajstić information content (AvgIpc) is 3.42. The molecule has 210 valence electrons. The Morgan fingerprint density at radius 3 is 2.42 bits per heavy atom. The van der Waals surface area contributed by atoms with Gasteiger partial charge in [-0.2, -0.15) is 4.31 Å². The van der Waals surface area contributed by atoms with Crippen LogP contribution in [-0.4, -0.2) is 55.9 Å². The molecule has 40 heavy (non-hydrogen) atoms. The van der Waals surface area contributed by atoms with E-state index in [2.05, 4.69) is 4.98 Å². The summed E-state index contributed by atoms with van der Waals surface area (Å²) in [6.07, 6.45) is 2.14. The van der Waals surface area contributed by atoms with Crippen molar-refractivity contribution in [3.8, 4) is 11.5 Å². The highest BCUT2D eigenvalue weighted by Crippen LogP contribution is 2.41. The van der Waals surface area contributed by atoms with Crippen LogP contribution < -0.4 is 14.4 Å². The maximum atomic E-state index is 13.9. The second kappa shape index (κ2) is 11.4. The second-order valence-corrected chi connectivity index (χ2v) is 12.1. The molecule has 1 amide bonds. The van der Waals surface area contributed by atoms with Gasteiger partial charge in [0.1, 0.15) is 21.7 Å². The molecule has 0 aliphatic carbocycles. The van der Waals surface area contributed by atoms with Crippen LogP contribution in [-0.2, 0) is 21.4 Å². The van der Waals surface area contributed by atoms with Crippen LogP contribution in [0.5, 0.6) is 11.5 Å². The maximum absolute atomic E-state index is 13.9. The predicted octanol–water partition coefficient (Wildman–Crippen LogP) is 4.62. The highest BCUT2D eigenvalue weighted by atomic mass is 32.2. The normalized spacial score (nSPS) is 14.8. The van der Waals surface area contributed by atoms with Gasteiger partial charge in [0.05, 0.1) is 31.4 Å². The monoisotopic (exact) mass is 588 g/mol. The molecule has 9 nitrogen and oxygen atoms in total. The van der Waals surface area contributed by atoms with Crippen molar-refractivity contribution in [1.29, 1.82) is 0 Å².